The van der Waals surface area contributed by atoms with Crippen LogP contribution in [0.25, 0.3) is 0 Å². The summed E-state index contributed by atoms with van der Waals surface area (Å²) in [4.78, 5) is 0. The first-order valence-electron chi connectivity index (χ1n) is 10.7. The van der Waals surface area contributed by atoms with Crippen LogP contribution in [0.5, 0.6) is 0 Å². The molecule has 0 saturated heterocycles. The maximum absolute atomic E-state index is 2.71. The van der Waals surface area contributed by atoms with Gasteiger partial charge in [-0.15, -0.1) is 0 Å². The van der Waals surface area contributed by atoms with Gasteiger partial charge in [-0.2, -0.15) is 0 Å². The fourth-order valence-corrected chi connectivity index (χ4v) is 28.0. The van der Waals surface area contributed by atoms with Gasteiger partial charge in [-0.1, -0.05) is 101 Å². The van der Waals surface area contributed by atoms with Crippen LogP contribution < -0.4 is 0 Å². The summed E-state index contributed by atoms with van der Waals surface area (Å²) in [6, 6.07) is 4.96. The van der Waals surface area contributed by atoms with Crippen LogP contribution in [0.4, 0.5) is 0 Å². The van der Waals surface area contributed by atoms with Gasteiger partial charge in [0, 0.05) is 62.1 Å². The minimum Gasteiger partial charge on any atom is -0.0769 e. The highest BCUT2D eigenvalue weighted by Gasteiger charge is 2.23. The van der Waals surface area contributed by atoms with Crippen LogP contribution in [0.15, 0.2) is 0 Å². The number of rotatable bonds is 11. The molecule has 0 saturated carbocycles. The third-order valence-electron chi connectivity index (χ3n) is 5.30. The van der Waals surface area contributed by atoms with Crippen LogP contribution in [0.1, 0.15) is 6.92 Å². The van der Waals surface area contributed by atoms with E-state index in [1.165, 1.54) is 11.6 Å². The van der Waals surface area contributed by atoms with E-state index in [2.05, 4.69) is 65.8 Å². The Hall–Kier alpha value is 1.52. The Morgan fingerprint density at radius 3 is 1.70 bits per heavy atom. The molecule has 0 amide bonds. The first kappa shape index (κ1) is 26.7. The van der Waals surface area contributed by atoms with Crippen molar-refractivity contribution in [1.29, 1.82) is 0 Å². The molecule has 0 aliphatic rings. The molecule has 4 atom stereocenters. The molecule has 0 bridgehead atoms. The van der Waals surface area contributed by atoms with Gasteiger partial charge < -0.3 is 0 Å². The Morgan fingerprint density at radius 2 is 1.39 bits per heavy atom. The maximum atomic E-state index is 2.71. The van der Waals surface area contributed by atoms with Gasteiger partial charge in [0.05, 0.1) is 0 Å². The summed E-state index contributed by atoms with van der Waals surface area (Å²) >= 11 is 0. The number of hydrogen-bond acceptors (Lipinski definition) is 0. The lowest BCUT2D eigenvalue weighted by molar-refractivity contribution is 0.994. The Morgan fingerprint density at radius 1 is 0.826 bits per heavy atom. The van der Waals surface area contributed by atoms with Gasteiger partial charge in [-0.3, -0.25) is 0 Å². The molecule has 0 aromatic heterocycles. The molecular formula is C16H50Si7. The third-order valence-corrected chi connectivity index (χ3v) is 33.2. The summed E-state index contributed by atoms with van der Waals surface area (Å²) in [6.07, 6.45) is 0. The van der Waals surface area contributed by atoms with E-state index in [-0.39, 0.29) is 43.5 Å². The van der Waals surface area contributed by atoms with Gasteiger partial charge in [0.15, 0.2) is 0 Å². The summed E-state index contributed by atoms with van der Waals surface area (Å²) in [5, 5.41) is 0. The standard InChI is InChI=1S/C12H36Si5.C4H14Si2/c1-13-10-16(6)9-12(8-14(2)3)17(7)11-15(4)5;1-4-6(3)5-2/h12,14-17H,8-11,13H2,1-7H3;6H,4-5H2,1-3H3. The van der Waals surface area contributed by atoms with E-state index >= 15 is 0 Å². The molecule has 0 aromatic carbocycles. The first-order valence-corrected chi connectivity index (χ1v) is 31.4. The summed E-state index contributed by atoms with van der Waals surface area (Å²) < 4.78 is 0. The van der Waals surface area contributed by atoms with Crippen LogP contribution in [0.3, 0.4) is 0 Å². The Labute approximate surface area is 162 Å². The second-order valence-electron chi connectivity index (χ2n) is 9.05. The topological polar surface area (TPSA) is 0 Å². The summed E-state index contributed by atoms with van der Waals surface area (Å²) in [6.45, 7) is 25.4. The van der Waals surface area contributed by atoms with Crippen LogP contribution in [0, 0.1) is 0 Å². The molecule has 0 fully saturated rings. The van der Waals surface area contributed by atoms with E-state index in [1.54, 1.807) is 23.4 Å². The normalized spacial score (nSPS) is 17.7. The monoisotopic (exact) mass is 438 g/mol. The van der Waals surface area contributed by atoms with Crippen LogP contribution in [0.2, 0.25) is 93.9 Å². The SMILES string of the molecule is CC[SiH](C)[SiH2]C.C[SiH2]C[SiH](C)CC(C[SiH](C)C)[SiH](C)C[SiH](C)C. The fraction of sp³-hybridized carbons (Fsp3) is 1.00. The molecule has 0 spiro atoms. The predicted molar refractivity (Wildman–Crippen MR) is 139 cm³/mol. The highest BCUT2D eigenvalue weighted by molar-refractivity contribution is 7.11. The molecule has 4 unspecified atom stereocenters. The van der Waals surface area contributed by atoms with E-state index < -0.39 is 0 Å². The molecule has 0 heterocycles. The molecule has 0 radical (unpaired) electrons. The van der Waals surface area contributed by atoms with Gasteiger partial charge in [-0.25, -0.2) is 0 Å². The van der Waals surface area contributed by atoms with Crippen LogP contribution >= 0.6 is 0 Å². The average molecular weight is 439 g/mol. The van der Waals surface area contributed by atoms with Gasteiger partial charge in [0.25, 0.3) is 0 Å². The van der Waals surface area contributed by atoms with Crippen molar-refractivity contribution in [3.63, 3.8) is 0 Å². The van der Waals surface area contributed by atoms with E-state index in [1.807, 2.05) is 0 Å². The molecule has 0 nitrogen and oxygen atoms in total. The van der Waals surface area contributed by atoms with Gasteiger partial charge in [0.2, 0.25) is 0 Å². The Balaban J connectivity index is 0. The maximum Gasteiger partial charge on any atom is 0.0333 e. The Kier molecular flexibility index (Phi) is 19.7. The summed E-state index contributed by atoms with van der Waals surface area (Å²) in [5.41, 5.74) is 4.73. The number of hydrogen-bond donors (Lipinski definition) is 0. The molecule has 23 heavy (non-hydrogen) atoms. The van der Waals surface area contributed by atoms with Gasteiger partial charge in [-0.05, 0) is 0 Å². The smallest absolute Gasteiger partial charge is 0.0333 e. The zero-order valence-electron chi connectivity index (χ0n) is 18.4. The van der Waals surface area contributed by atoms with Crippen LogP contribution in [-0.4, -0.2) is 62.1 Å². The highest BCUT2D eigenvalue weighted by atomic mass is 29.2. The van der Waals surface area contributed by atoms with E-state index in [0.717, 1.165) is 0 Å². The lowest BCUT2D eigenvalue weighted by Crippen LogP contribution is -2.28. The molecule has 0 aliphatic heterocycles. The quantitative estimate of drug-likeness (QED) is 0.434. The van der Waals surface area contributed by atoms with Crippen LogP contribution in [-0.2, 0) is 0 Å². The minimum atomic E-state index is -0.366. The predicted octanol–water partition coefficient (Wildman–Crippen LogP) is 3.33. The summed E-state index contributed by atoms with van der Waals surface area (Å²) in [7, 11) is -0.464. The zero-order valence-corrected chi connectivity index (χ0v) is 27.0. The van der Waals surface area contributed by atoms with Gasteiger partial charge in [0.1, 0.15) is 0 Å². The second-order valence-corrected chi connectivity index (χ2v) is 36.3. The summed E-state index contributed by atoms with van der Waals surface area (Å²) in [5.74, 6) is 0. The third kappa shape index (κ3) is 18.1. The van der Waals surface area contributed by atoms with E-state index in [0.29, 0.717) is 18.6 Å². The average Bonchev–Trinajstić information content (AvgIpc) is 2.45. The largest absolute Gasteiger partial charge is 0.0769 e. The van der Waals surface area contributed by atoms with Crippen molar-refractivity contribution in [1.82, 2.24) is 0 Å². The van der Waals surface area contributed by atoms with Crippen molar-refractivity contribution in [2.45, 2.75) is 101 Å². The molecule has 7 heteroatoms. The molecule has 0 N–H and O–H groups in total. The molecule has 0 aliphatic carbocycles. The molecule has 0 rings (SSSR count). The highest BCUT2D eigenvalue weighted by Crippen LogP contribution is 2.28. The fourth-order valence-electron chi connectivity index (χ4n) is 3.52. The second kappa shape index (κ2) is 17.0. The van der Waals surface area contributed by atoms with Crippen molar-refractivity contribution in [2.75, 3.05) is 0 Å². The lowest BCUT2D eigenvalue weighted by Gasteiger charge is -2.27. The molecular weight excluding hydrogens is 389 g/mol. The van der Waals surface area contributed by atoms with Gasteiger partial charge >= 0.3 is 0 Å². The van der Waals surface area contributed by atoms with E-state index in [9.17, 15) is 0 Å². The minimum absolute atomic E-state index is 0.0216. The molecule has 142 valence electrons. The van der Waals surface area contributed by atoms with Crippen molar-refractivity contribution in [2.24, 2.45) is 0 Å². The van der Waals surface area contributed by atoms with E-state index in [4.69, 9.17) is 0 Å². The van der Waals surface area contributed by atoms with Crippen molar-refractivity contribution in [3.8, 4) is 0 Å². The first-order chi connectivity index (χ1) is 10.7. The van der Waals surface area contributed by atoms with Crippen molar-refractivity contribution < 1.29 is 0 Å². The Bertz CT molecular complexity index is 245. The van der Waals surface area contributed by atoms with Crippen molar-refractivity contribution >= 4 is 62.1 Å². The lowest BCUT2D eigenvalue weighted by atomic mass is 10.5. The van der Waals surface area contributed by atoms with Crippen molar-refractivity contribution in [3.05, 3.63) is 0 Å². The zero-order chi connectivity index (χ0) is 18.4. The molecule has 0 aromatic rings.